The van der Waals surface area contributed by atoms with Gasteiger partial charge in [-0.3, -0.25) is 4.57 Å². The molecule has 0 amide bonds. The molecule has 0 N–H and O–H groups in total. The minimum atomic E-state index is -3.84. The van der Waals surface area contributed by atoms with Crippen molar-refractivity contribution in [1.82, 2.24) is 13.9 Å². The van der Waals surface area contributed by atoms with Gasteiger partial charge in [-0.05, 0) is 66.9 Å². The fourth-order valence-corrected chi connectivity index (χ4v) is 8.00. The first-order valence-corrected chi connectivity index (χ1v) is 16.0. The lowest BCUT2D eigenvalue weighted by molar-refractivity contribution is 0.384. The molecular weight excluding hydrogens is 607 g/mol. The lowest BCUT2D eigenvalue weighted by atomic mass is 9.81. The van der Waals surface area contributed by atoms with Crippen LogP contribution in [-0.2, 0) is 21.2 Å². The average molecular weight is 636 g/mol. The maximum Gasteiger partial charge on any atom is 0.243 e. The van der Waals surface area contributed by atoms with E-state index in [-0.39, 0.29) is 27.0 Å². The first-order chi connectivity index (χ1) is 19.9. The zero-order valence-electron chi connectivity index (χ0n) is 23.2. The van der Waals surface area contributed by atoms with E-state index in [0.717, 1.165) is 24.5 Å². The second-order valence-corrected chi connectivity index (χ2v) is 13.8. The minimum Gasteiger partial charge on any atom is -0.494 e. The predicted molar refractivity (Wildman–Crippen MR) is 158 cm³/mol. The van der Waals surface area contributed by atoms with Gasteiger partial charge in [-0.1, -0.05) is 43.3 Å². The van der Waals surface area contributed by atoms with Crippen LogP contribution in [0.3, 0.4) is 0 Å². The molecule has 1 fully saturated rings. The van der Waals surface area contributed by atoms with Crippen LogP contribution in [0.25, 0.3) is 5.69 Å². The number of thioether (sulfide) groups is 1. The number of rotatable bonds is 9. The Hall–Kier alpha value is -2.99. The van der Waals surface area contributed by atoms with Gasteiger partial charge in [0.05, 0.1) is 23.9 Å². The van der Waals surface area contributed by atoms with Crippen molar-refractivity contribution in [2.75, 3.05) is 20.2 Å². The van der Waals surface area contributed by atoms with Gasteiger partial charge in [0.15, 0.2) is 16.7 Å². The molecule has 1 saturated heterocycles. The summed E-state index contributed by atoms with van der Waals surface area (Å²) >= 11 is 7.64. The van der Waals surface area contributed by atoms with Crippen LogP contribution in [0, 0.1) is 17.5 Å². The molecule has 0 aliphatic carbocycles. The quantitative estimate of drug-likeness (QED) is 0.180. The standard InChI is InChI=1S/C30H29ClF3N3O3S2/c1-30(2,19-6-11-25(33)27(14-19)40-3)28-17-35-29(37(28)21-9-7-20(32)8-10-21)41-18-23-24(31)15-22(16-26(23)34)42(38,39)36-12-4-5-13-36/h6-11,14-17H,4-5,12-13,18H2,1-3H3. The van der Waals surface area contributed by atoms with Crippen LogP contribution in [0.2, 0.25) is 5.02 Å². The molecular formula is C30H29ClF3N3O3S2. The number of hydrogen-bond acceptors (Lipinski definition) is 5. The maximum absolute atomic E-state index is 15.3. The Morgan fingerprint density at radius 2 is 1.69 bits per heavy atom. The fourth-order valence-electron chi connectivity index (χ4n) is 4.99. The van der Waals surface area contributed by atoms with Crippen LogP contribution in [-0.4, -0.2) is 42.5 Å². The summed E-state index contributed by atoms with van der Waals surface area (Å²) in [5.74, 6) is -1.47. The zero-order valence-corrected chi connectivity index (χ0v) is 25.6. The molecule has 0 spiro atoms. The van der Waals surface area contributed by atoms with Gasteiger partial charge >= 0.3 is 0 Å². The summed E-state index contributed by atoms with van der Waals surface area (Å²) in [5.41, 5.74) is 1.51. The van der Waals surface area contributed by atoms with Crippen molar-refractivity contribution in [3.63, 3.8) is 0 Å². The van der Waals surface area contributed by atoms with Gasteiger partial charge in [0.25, 0.3) is 0 Å². The lowest BCUT2D eigenvalue weighted by Gasteiger charge is -2.28. The normalized spacial score (nSPS) is 14.5. The highest BCUT2D eigenvalue weighted by atomic mass is 35.5. The van der Waals surface area contributed by atoms with Crippen molar-refractivity contribution in [2.24, 2.45) is 0 Å². The Morgan fingerprint density at radius 1 is 1.00 bits per heavy atom. The molecule has 3 aromatic carbocycles. The minimum absolute atomic E-state index is 0.000814. The van der Waals surface area contributed by atoms with Crippen LogP contribution < -0.4 is 4.74 Å². The fraction of sp³-hybridized carbons (Fsp3) is 0.300. The number of ether oxygens (including phenoxy) is 1. The summed E-state index contributed by atoms with van der Waals surface area (Å²) in [6.45, 7) is 4.69. The number of hydrogen-bond donors (Lipinski definition) is 0. The second kappa shape index (κ2) is 11.9. The first-order valence-electron chi connectivity index (χ1n) is 13.2. The summed E-state index contributed by atoms with van der Waals surface area (Å²) in [4.78, 5) is 4.44. The third-order valence-corrected chi connectivity index (χ3v) is 10.7. The SMILES string of the molecule is COc1cc(C(C)(C)c2cnc(SCc3c(F)cc(S(=O)(=O)N4CCCC4)cc3Cl)n2-c2ccc(F)cc2)ccc1F. The Morgan fingerprint density at radius 3 is 2.33 bits per heavy atom. The lowest BCUT2D eigenvalue weighted by Crippen LogP contribution is -2.28. The zero-order chi connectivity index (χ0) is 30.2. The molecule has 4 aromatic rings. The molecule has 0 unspecified atom stereocenters. The number of aromatic nitrogens is 2. The van der Waals surface area contributed by atoms with Gasteiger partial charge in [0.2, 0.25) is 10.0 Å². The van der Waals surface area contributed by atoms with Gasteiger partial charge in [-0.15, -0.1) is 0 Å². The van der Waals surface area contributed by atoms with Crippen molar-refractivity contribution in [1.29, 1.82) is 0 Å². The van der Waals surface area contributed by atoms with E-state index in [1.54, 1.807) is 30.5 Å². The molecule has 42 heavy (non-hydrogen) atoms. The maximum atomic E-state index is 15.3. The highest BCUT2D eigenvalue weighted by Crippen LogP contribution is 2.39. The van der Waals surface area contributed by atoms with E-state index >= 15 is 4.39 Å². The largest absolute Gasteiger partial charge is 0.494 e. The van der Waals surface area contributed by atoms with Gasteiger partial charge in [-0.2, -0.15) is 4.31 Å². The van der Waals surface area contributed by atoms with Crippen LogP contribution in [0.5, 0.6) is 5.75 Å². The molecule has 0 atom stereocenters. The van der Waals surface area contributed by atoms with Gasteiger partial charge < -0.3 is 4.74 Å². The summed E-state index contributed by atoms with van der Waals surface area (Å²) < 4.78 is 77.6. The number of halogens is 4. The van der Waals surface area contributed by atoms with Crippen molar-refractivity contribution in [2.45, 2.75) is 47.9 Å². The molecule has 0 radical (unpaired) electrons. The molecule has 1 aromatic heterocycles. The first kappa shape index (κ1) is 30.5. The molecule has 1 aliphatic heterocycles. The molecule has 222 valence electrons. The Balaban J connectivity index is 1.51. The highest BCUT2D eigenvalue weighted by Gasteiger charge is 2.31. The monoisotopic (exact) mass is 635 g/mol. The second-order valence-electron chi connectivity index (χ2n) is 10.5. The molecule has 1 aliphatic rings. The van der Waals surface area contributed by atoms with E-state index in [1.807, 2.05) is 18.4 Å². The van der Waals surface area contributed by atoms with Crippen LogP contribution in [0.4, 0.5) is 13.2 Å². The number of nitrogens with zero attached hydrogens (tertiary/aromatic N) is 3. The van der Waals surface area contributed by atoms with E-state index in [9.17, 15) is 17.2 Å². The Labute approximate surface area is 252 Å². The van der Waals surface area contributed by atoms with E-state index in [0.29, 0.717) is 29.6 Å². The summed E-state index contributed by atoms with van der Waals surface area (Å²) in [5, 5.41) is 0.474. The summed E-state index contributed by atoms with van der Waals surface area (Å²) in [6.07, 6.45) is 3.20. The topological polar surface area (TPSA) is 64.4 Å². The molecule has 12 heteroatoms. The Kier molecular flexibility index (Phi) is 8.67. The molecule has 0 saturated carbocycles. The number of methoxy groups -OCH3 is 1. The molecule has 2 heterocycles. The van der Waals surface area contributed by atoms with E-state index in [4.69, 9.17) is 16.3 Å². The van der Waals surface area contributed by atoms with Crippen LogP contribution in [0.1, 0.15) is 43.5 Å². The molecule has 5 rings (SSSR count). The van der Waals surface area contributed by atoms with Crippen LogP contribution in [0.15, 0.2) is 70.8 Å². The van der Waals surface area contributed by atoms with Crippen molar-refractivity contribution < 1.29 is 26.3 Å². The van der Waals surface area contributed by atoms with E-state index < -0.39 is 32.9 Å². The van der Waals surface area contributed by atoms with E-state index in [2.05, 4.69) is 4.98 Å². The smallest absolute Gasteiger partial charge is 0.243 e. The van der Waals surface area contributed by atoms with Crippen molar-refractivity contribution in [3.8, 4) is 11.4 Å². The van der Waals surface area contributed by atoms with E-state index in [1.165, 1.54) is 47.4 Å². The van der Waals surface area contributed by atoms with Crippen molar-refractivity contribution >= 4 is 33.4 Å². The van der Waals surface area contributed by atoms with Gasteiger partial charge in [0, 0.05) is 40.5 Å². The number of imidazole rings is 1. The number of sulfonamides is 1. The molecule has 0 bridgehead atoms. The van der Waals surface area contributed by atoms with Gasteiger partial charge in [-0.25, -0.2) is 26.6 Å². The van der Waals surface area contributed by atoms with Crippen molar-refractivity contribution in [3.05, 3.63) is 100 Å². The predicted octanol–water partition coefficient (Wildman–Crippen LogP) is 7.35. The summed E-state index contributed by atoms with van der Waals surface area (Å²) in [6, 6.07) is 12.8. The third kappa shape index (κ3) is 5.79. The van der Waals surface area contributed by atoms with Crippen LogP contribution >= 0.6 is 23.4 Å². The Bertz CT molecular complexity index is 1700. The average Bonchev–Trinajstić information content (AvgIpc) is 3.65. The highest BCUT2D eigenvalue weighted by molar-refractivity contribution is 7.98. The number of benzene rings is 3. The molecule has 6 nitrogen and oxygen atoms in total. The van der Waals surface area contributed by atoms with Gasteiger partial charge in [0.1, 0.15) is 11.6 Å². The summed E-state index contributed by atoms with van der Waals surface area (Å²) in [7, 11) is -2.44. The third-order valence-electron chi connectivity index (χ3n) is 7.49.